The van der Waals surface area contributed by atoms with Gasteiger partial charge in [-0.05, 0) is 29.4 Å². The maximum absolute atomic E-state index is 8.48. The summed E-state index contributed by atoms with van der Waals surface area (Å²) in [7, 11) is 1.43. The first-order chi connectivity index (χ1) is 5.77. The Bertz CT molecular complexity index is 282. The van der Waals surface area contributed by atoms with E-state index in [-0.39, 0.29) is 5.90 Å². The largest absolute Gasteiger partial charge is 0.479 e. The molecule has 0 fully saturated rings. The molecule has 0 aliphatic rings. The maximum Gasteiger partial charge on any atom is 0.257 e. The molecule has 1 N–H and O–H groups in total. The van der Waals surface area contributed by atoms with E-state index < -0.39 is 0 Å². The molecule has 0 spiro atoms. The number of halogens is 1. The lowest BCUT2D eigenvalue weighted by molar-refractivity contribution is 0.287. The minimum Gasteiger partial charge on any atom is -0.479 e. The highest BCUT2D eigenvalue weighted by molar-refractivity contribution is 6.30. The summed E-state index contributed by atoms with van der Waals surface area (Å²) in [6.45, 7) is 0. The van der Waals surface area contributed by atoms with Crippen LogP contribution in [0.25, 0.3) is 0 Å². The van der Waals surface area contributed by atoms with Crippen LogP contribution in [0.5, 0.6) is 0 Å². The van der Waals surface area contributed by atoms with Crippen molar-refractivity contribution in [1.29, 1.82) is 0 Å². The average molecular weight is 186 g/mol. The molecule has 1 rings (SSSR count). The smallest absolute Gasteiger partial charge is 0.257 e. The van der Waals surface area contributed by atoms with Gasteiger partial charge in [0.25, 0.3) is 5.90 Å². The van der Waals surface area contributed by atoms with Gasteiger partial charge in [0, 0.05) is 10.6 Å². The third-order valence-electron chi connectivity index (χ3n) is 1.38. The third-order valence-corrected chi connectivity index (χ3v) is 1.63. The summed E-state index contributed by atoms with van der Waals surface area (Å²) in [5.74, 6) is 0.173. The fraction of sp³-hybridized carbons (Fsp3) is 0.125. The lowest BCUT2D eigenvalue weighted by Gasteiger charge is -2.01. The number of rotatable bonds is 1. The zero-order valence-corrected chi connectivity index (χ0v) is 7.25. The van der Waals surface area contributed by atoms with Crippen LogP contribution in [0, 0.1) is 0 Å². The molecule has 1 aromatic rings. The Labute approximate surface area is 75.2 Å². The SMILES string of the molecule is CO/C(=N\O)c1ccc(Cl)cc1. The Hall–Kier alpha value is -1.22. The van der Waals surface area contributed by atoms with E-state index in [4.69, 9.17) is 21.5 Å². The van der Waals surface area contributed by atoms with Crippen LogP contribution in [0.15, 0.2) is 29.4 Å². The van der Waals surface area contributed by atoms with E-state index >= 15 is 0 Å². The Morgan fingerprint density at radius 2 is 2.00 bits per heavy atom. The fourth-order valence-corrected chi connectivity index (χ4v) is 0.935. The van der Waals surface area contributed by atoms with Crippen molar-refractivity contribution in [3.05, 3.63) is 34.9 Å². The Morgan fingerprint density at radius 1 is 1.42 bits per heavy atom. The lowest BCUT2D eigenvalue weighted by Crippen LogP contribution is -2.02. The van der Waals surface area contributed by atoms with Crippen LogP contribution in [0.2, 0.25) is 5.02 Å². The Morgan fingerprint density at radius 3 is 2.42 bits per heavy atom. The fourth-order valence-electron chi connectivity index (χ4n) is 0.809. The number of oxime groups is 1. The topological polar surface area (TPSA) is 41.8 Å². The molecule has 0 radical (unpaired) electrons. The first-order valence-corrected chi connectivity index (χ1v) is 3.67. The Balaban J connectivity index is 2.96. The van der Waals surface area contributed by atoms with Gasteiger partial charge >= 0.3 is 0 Å². The van der Waals surface area contributed by atoms with E-state index in [1.54, 1.807) is 24.3 Å². The summed E-state index contributed by atoms with van der Waals surface area (Å²) >= 11 is 5.66. The molecule has 12 heavy (non-hydrogen) atoms. The predicted molar refractivity (Wildman–Crippen MR) is 46.8 cm³/mol. The van der Waals surface area contributed by atoms with Crippen molar-refractivity contribution in [2.75, 3.05) is 7.11 Å². The van der Waals surface area contributed by atoms with Gasteiger partial charge in [0.1, 0.15) is 0 Å². The number of hydrogen-bond acceptors (Lipinski definition) is 3. The minimum absolute atomic E-state index is 0.173. The summed E-state index contributed by atoms with van der Waals surface area (Å²) < 4.78 is 4.78. The first kappa shape index (κ1) is 8.87. The van der Waals surface area contributed by atoms with Crippen LogP contribution in [0.1, 0.15) is 5.56 Å². The summed E-state index contributed by atoms with van der Waals surface area (Å²) in [6.07, 6.45) is 0. The molecule has 0 aliphatic carbocycles. The third kappa shape index (κ3) is 1.89. The molecule has 0 unspecified atom stereocenters. The molecule has 1 aromatic carbocycles. The van der Waals surface area contributed by atoms with Crippen LogP contribution in [-0.2, 0) is 4.74 Å². The van der Waals surface area contributed by atoms with E-state index in [2.05, 4.69) is 5.16 Å². The zero-order valence-electron chi connectivity index (χ0n) is 6.49. The number of ether oxygens (including phenoxy) is 1. The van der Waals surface area contributed by atoms with Crippen LogP contribution >= 0.6 is 11.6 Å². The van der Waals surface area contributed by atoms with Gasteiger partial charge in [0.05, 0.1) is 7.11 Å². The summed E-state index contributed by atoms with van der Waals surface area (Å²) in [4.78, 5) is 0. The van der Waals surface area contributed by atoms with Crippen molar-refractivity contribution in [3.8, 4) is 0 Å². The van der Waals surface area contributed by atoms with Crippen molar-refractivity contribution in [2.45, 2.75) is 0 Å². The average Bonchev–Trinajstić information content (AvgIpc) is 2.10. The lowest BCUT2D eigenvalue weighted by atomic mass is 10.2. The second kappa shape index (κ2) is 3.97. The van der Waals surface area contributed by atoms with Crippen molar-refractivity contribution < 1.29 is 9.94 Å². The van der Waals surface area contributed by atoms with Crippen LogP contribution in [-0.4, -0.2) is 18.2 Å². The molecular formula is C8H8ClNO2. The first-order valence-electron chi connectivity index (χ1n) is 3.30. The molecule has 0 atom stereocenters. The number of hydrogen-bond donors (Lipinski definition) is 1. The normalized spacial score (nSPS) is 11.3. The number of methoxy groups -OCH3 is 1. The van der Waals surface area contributed by atoms with Gasteiger partial charge < -0.3 is 9.94 Å². The van der Waals surface area contributed by atoms with Crippen LogP contribution < -0.4 is 0 Å². The van der Waals surface area contributed by atoms with Crippen LogP contribution in [0.3, 0.4) is 0 Å². The van der Waals surface area contributed by atoms with Gasteiger partial charge in [-0.2, -0.15) is 0 Å². The van der Waals surface area contributed by atoms with Crippen molar-refractivity contribution >= 4 is 17.5 Å². The van der Waals surface area contributed by atoms with Crippen LogP contribution in [0.4, 0.5) is 0 Å². The molecule has 0 aromatic heterocycles. The van der Waals surface area contributed by atoms with E-state index in [1.165, 1.54) is 7.11 Å². The Kier molecular flexibility index (Phi) is 2.94. The second-order valence-electron chi connectivity index (χ2n) is 2.12. The van der Waals surface area contributed by atoms with Crippen molar-refractivity contribution in [3.63, 3.8) is 0 Å². The van der Waals surface area contributed by atoms with Crippen molar-refractivity contribution in [1.82, 2.24) is 0 Å². The van der Waals surface area contributed by atoms with E-state index in [1.807, 2.05) is 0 Å². The molecule has 64 valence electrons. The summed E-state index contributed by atoms with van der Waals surface area (Å²) in [6, 6.07) is 6.81. The van der Waals surface area contributed by atoms with Gasteiger partial charge in [0.15, 0.2) is 0 Å². The molecule has 0 aliphatic heterocycles. The molecule has 0 amide bonds. The highest BCUT2D eigenvalue weighted by Gasteiger charge is 2.01. The second-order valence-corrected chi connectivity index (χ2v) is 2.55. The monoisotopic (exact) mass is 185 g/mol. The van der Waals surface area contributed by atoms with Gasteiger partial charge in [0.2, 0.25) is 0 Å². The predicted octanol–water partition coefficient (Wildman–Crippen LogP) is 2.12. The summed E-state index contributed by atoms with van der Waals surface area (Å²) in [5, 5.41) is 12.1. The number of benzene rings is 1. The minimum atomic E-state index is 0.173. The quantitative estimate of drug-likeness (QED) is 0.315. The van der Waals surface area contributed by atoms with E-state index in [9.17, 15) is 0 Å². The standard InChI is InChI=1S/C8H8ClNO2/c1-12-8(10-11)6-2-4-7(9)5-3-6/h2-5,11H,1H3/b10-8-. The number of nitrogens with zero attached hydrogens (tertiary/aromatic N) is 1. The zero-order chi connectivity index (χ0) is 8.97. The highest BCUT2D eigenvalue weighted by Crippen LogP contribution is 2.10. The molecule has 3 nitrogen and oxygen atoms in total. The van der Waals surface area contributed by atoms with Gasteiger partial charge in [-0.3, -0.25) is 0 Å². The molecule has 0 saturated heterocycles. The van der Waals surface area contributed by atoms with E-state index in [0.29, 0.717) is 10.6 Å². The molecule has 0 heterocycles. The molecule has 0 bridgehead atoms. The molecule has 4 heteroatoms. The van der Waals surface area contributed by atoms with E-state index in [0.717, 1.165) is 0 Å². The van der Waals surface area contributed by atoms with Gasteiger partial charge in [-0.1, -0.05) is 11.6 Å². The summed E-state index contributed by atoms with van der Waals surface area (Å²) in [5.41, 5.74) is 0.685. The van der Waals surface area contributed by atoms with Gasteiger partial charge in [-0.25, -0.2) is 0 Å². The van der Waals surface area contributed by atoms with Gasteiger partial charge in [-0.15, -0.1) is 0 Å². The maximum atomic E-state index is 8.48. The molecule has 0 saturated carbocycles. The highest BCUT2D eigenvalue weighted by atomic mass is 35.5. The van der Waals surface area contributed by atoms with Crippen molar-refractivity contribution in [2.24, 2.45) is 5.16 Å². The molecular weight excluding hydrogens is 178 g/mol.